The number of carbonyl (C=O) groups excluding carboxylic acids is 1. The molecule has 106 valence electrons. The summed E-state index contributed by atoms with van der Waals surface area (Å²) in [4.78, 5) is 11.8. The average molecular weight is 314 g/mol. The monoisotopic (exact) mass is 313 g/mol. The highest BCUT2D eigenvalue weighted by atomic mass is 35.5. The number of hydrogen-bond donors (Lipinski definition) is 0. The first-order valence-electron chi connectivity index (χ1n) is 5.96. The number of carbonyl (C=O) groups is 1. The van der Waals surface area contributed by atoms with E-state index in [1.54, 1.807) is 13.0 Å². The first kappa shape index (κ1) is 14.8. The summed E-state index contributed by atoms with van der Waals surface area (Å²) in [6.07, 6.45) is -0.0344. The van der Waals surface area contributed by atoms with Gasteiger partial charge in [0.2, 0.25) is 0 Å². The Balaban J connectivity index is 2.32. The lowest BCUT2D eigenvalue weighted by Crippen LogP contribution is -2.25. The summed E-state index contributed by atoms with van der Waals surface area (Å²) >= 11 is 5.71. The molecule has 2 rings (SSSR count). The number of hydrogen-bond acceptors (Lipinski definition) is 5. The van der Waals surface area contributed by atoms with Crippen molar-refractivity contribution in [3.05, 3.63) is 29.3 Å². The minimum Gasteiger partial charge on any atom is -0.465 e. The van der Waals surface area contributed by atoms with E-state index in [2.05, 4.69) is 0 Å². The van der Waals surface area contributed by atoms with Gasteiger partial charge in [-0.05, 0) is 37.6 Å². The van der Waals surface area contributed by atoms with Crippen molar-refractivity contribution in [1.29, 1.82) is 5.26 Å². The Morgan fingerprint density at radius 2 is 2.10 bits per heavy atom. The number of halogens is 1. The standard InChI is InChI=1S/C13H12ClNO4S/c1-2-19-12(16)13(8-15)7-11(13)20(17,18)10-5-3-9(14)4-6-10/h3-6,11H,2,7H2,1H3/t11-,13-/m1/s1. The quantitative estimate of drug-likeness (QED) is 0.793. The van der Waals surface area contributed by atoms with Crippen molar-refractivity contribution in [1.82, 2.24) is 0 Å². The van der Waals surface area contributed by atoms with Crippen LogP contribution in [-0.2, 0) is 19.4 Å². The summed E-state index contributed by atoms with van der Waals surface area (Å²) in [6.45, 7) is 1.71. The molecule has 1 aliphatic rings. The Hall–Kier alpha value is -1.58. The van der Waals surface area contributed by atoms with E-state index in [0.29, 0.717) is 5.02 Å². The maximum atomic E-state index is 12.4. The van der Waals surface area contributed by atoms with Crippen molar-refractivity contribution in [3.63, 3.8) is 0 Å². The van der Waals surface area contributed by atoms with Crippen LogP contribution in [0, 0.1) is 16.7 Å². The Kier molecular flexibility index (Phi) is 3.76. The molecule has 1 fully saturated rings. The largest absolute Gasteiger partial charge is 0.465 e. The summed E-state index contributed by atoms with van der Waals surface area (Å²) in [5.74, 6) is -0.773. The van der Waals surface area contributed by atoms with Crippen molar-refractivity contribution in [2.45, 2.75) is 23.5 Å². The first-order chi connectivity index (χ1) is 9.38. The van der Waals surface area contributed by atoms with E-state index in [4.69, 9.17) is 21.6 Å². The highest BCUT2D eigenvalue weighted by Crippen LogP contribution is 2.53. The molecule has 0 aliphatic heterocycles. The second-order valence-electron chi connectivity index (χ2n) is 4.50. The number of benzene rings is 1. The fraction of sp³-hybridized carbons (Fsp3) is 0.385. The molecule has 2 atom stereocenters. The topological polar surface area (TPSA) is 84.2 Å². The van der Waals surface area contributed by atoms with Gasteiger partial charge in [-0.3, -0.25) is 4.79 Å². The molecule has 7 heteroatoms. The van der Waals surface area contributed by atoms with Crippen LogP contribution < -0.4 is 0 Å². The van der Waals surface area contributed by atoms with Crippen molar-refractivity contribution >= 4 is 27.4 Å². The first-order valence-corrected chi connectivity index (χ1v) is 7.89. The Bertz CT molecular complexity index is 677. The molecule has 20 heavy (non-hydrogen) atoms. The molecular weight excluding hydrogens is 302 g/mol. The highest BCUT2D eigenvalue weighted by Gasteiger charge is 2.68. The van der Waals surface area contributed by atoms with Crippen LogP contribution in [0.4, 0.5) is 0 Å². The number of sulfone groups is 1. The fourth-order valence-corrected chi connectivity index (χ4v) is 4.17. The summed E-state index contributed by atoms with van der Waals surface area (Å²) in [7, 11) is -3.75. The van der Waals surface area contributed by atoms with Crippen LogP contribution in [-0.4, -0.2) is 26.2 Å². The molecule has 1 aromatic carbocycles. The van der Waals surface area contributed by atoms with Crippen LogP contribution in [0.1, 0.15) is 13.3 Å². The molecule has 0 bridgehead atoms. The highest BCUT2D eigenvalue weighted by molar-refractivity contribution is 7.92. The molecule has 0 N–H and O–H groups in total. The van der Waals surface area contributed by atoms with E-state index in [0.717, 1.165) is 0 Å². The van der Waals surface area contributed by atoms with Crippen LogP contribution in [0.25, 0.3) is 0 Å². The third-order valence-corrected chi connectivity index (χ3v) is 5.75. The Labute approximate surface area is 122 Å². The summed E-state index contributed by atoms with van der Waals surface area (Å²) in [6, 6.07) is 7.43. The van der Waals surface area contributed by atoms with Crippen molar-refractivity contribution in [2.24, 2.45) is 5.41 Å². The molecule has 5 nitrogen and oxygen atoms in total. The van der Waals surface area contributed by atoms with Crippen molar-refractivity contribution in [3.8, 4) is 6.07 Å². The lowest BCUT2D eigenvalue weighted by Gasteiger charge is -2.08. The minimum atomic E-state index is -3.75. The van der Waals surface area contributed by atoms with E-state index in [9.17, 15) is 13.2 Å². The molecule has 1 aromatic rings. The zero-order valence-corrected chi connectivity index (χ0v) is 12.2. The second kappa shape index (κ2) is 5.08. The van der Waals surface area contributed by atoms with Crippen LogP contribution in [0.3, 0.4) is 0 Å². The second-order valence-corrected chi connectivity index (χ2v) is 7.06. The average Bonchev–Trinajstić information content (AvgIpc) is 3.16. The molecule has 0 unspecified atom stereocenters. The predicted molar refractivity (Wildman–Crippen MR) is 71.7 cm³/mol. The van der Waals surface area contributed by atoms with Crippen LogP contribution >= 0.6 is 11.6 Å². The molecule has 0 amide bonds. The number of nitrogens with zero attached hydrogens (tertiary/aromatic N) is 1. The van der Waals surface area contributed by atoms with Gasteiger partial charge in [0.1, 0.15) is 0 Å². The normalized spacial score (nSPS) is 24.8. The fourth-order valence-electron chi connectivity index (χ4n) is 2.03. The van der Waals surface area contributed by atoms with E-state index in [1.165, 1.54) is 24.3 Å². The van der Waals surface area contributed by atoms with Gasteiger partial charge in [-0.1, -0.05) is 11.6 Å². The van der Waals surface area contributed by atoms with Gasteiger partial charge in [0, 0.05) is 5.02 Å². The number of nitriles is 1. The van der Waals surface area contributed by atoms with Crippen molar-refractivity contribution < 1.29 is 17.9 Å². The van der Waals surface area contributed by atoms with Gasteiger partial charge in [0.15, 0.2) is 15.3 Å². The zero-order valence-electron chi connectivity index (χ0n) is 10.7. The SMILES string of the molecule is CCOC(=O)[C@@]1(C#N)C[C@H]1S(=O)(=O)c1ccc(Cl)cc1. The lowest BCUT2D eigenvalue weighted by atomic mass is 10.1. The molecule has 1 aliphatic carbocycles. The molecule has 0 radical (unpaired) electrons. The van der Waals surface area contributed by atoms with Gasteiger partial charge in [0.05, 0.1) is 22.8 Å². The maximum Gasteiger partial charge on any atom is 0.327 e. The summed E-state index contributed by atoms with van der Waals surface area (Å²) in [5.41, 5.74) is -1.57. The summed E-state index contributed by atoms with van der Waals surface area (Å²) < 4.78 is 29.6. The number of ether oxygens (including phenoxy) is 1. The Morgan fingerprint density at radius 1 is 1.50 bits per heavy atom. The van der Waals surface area contributed by atoms with Gasteiger partial charge < -0.3 is 4.74 Å². The van der Waals surface area contributed by atoms with Gasteiger partial charge in [-0.2, -0.15) is 5.26 Å². The predicted octanol–water partition coefficient (Wildman–Crippen LogP) is 1.96. The lowest BCUT2D eigenvalue weighted by molar-refractivity contribution is -0.147. The molecule has 0 heterocycles. The zero-order chi connectivity index (χ0) is 15.0. The molecular formula is C13H12ClNO4S. The van der Waals surface area contributed by atoms with Crippen LogP contribution in [0.5, 0.6) is 0 Å². The van der Waals surface area contributed by atoms with E-state index in [1.807, 2.05) is 0 Å². The smallest absolute Gasteiger partial charge is 0.327 e. The van der Waals surface area contributed by atoms with E-state index in [-0.39, 0.29) is 17.9 Å². The van der Waals surface area contributed by atoms with Gasteiger partial charge in [0.25, 0.3) is 0 Å². The van der Waals surface area contributed by atoms with Crippen LogP contribution in [0.2, 0.25) is 5.02 Å². The molecule has 0 saturated heterocycles. The third kappa shape index (κ3) is 2.28. The van der Waals surface area contributed by atoms with Gasteiger partial charge >= 0.3 is 5.97 Å². The van der Waals surface area contributed by atoms with E-state index < -0.39 is 26.5 Å². The number of rotatable bonds is 4. The van der Waals surface area contributed by atoms with Crippen LogP contribution in [0.15, 0.2) is 29.2 Å². The minimum absolute atomic E-state index is 0.0344. The van der Waals surface area contributed by atoms with Crippen molar-refractivity contribution in [2.75, 3.05) is 6.61 Å². The van der Waals surface area contributed by atoms with Gasteiger partial charge in [-0.25, -0.2) is 8.42 Å². The summed E-state index contributed by atoms with van der Waals surface area (Å²) in [5, 5.41) is 8.50. The number of esters is 1. The maximum absolute atomic E-state index is 12.4. The van der Waals surface area contributed by atoms with E-state index >= 15 is 0 Å². The molecule has 1 saturated carbocycles. The third-order valence-electron chi connectivity index (χ3n) is 3.25. The van der Waals surface area contributed by atoms with Gasteiger partial charge in [-0.15, -0.1) is 0 Å². The molecule has 0 spiro atoms. The Morgan fingerprint density at radius 3 is 2.60 bits per heavy atom. The molecule has 0 aromatic heterocycles.